The summed E-state index contributed by atoms with van der Waals surface area (Å²) >= 11 is 0. The number of ether oxygens (including phenoxy) is 4. The van der Waals surface area contributed by atoms with Crippen molar-refractivity contribution in [1.82, 2.24) is 9.80 Å². The summed E-state index contributed by atoms with van der Waals surface area (Å²) in [6.45, 7) is 14.3. The standard InChI is InChI=1S/C36H62N2O9/c1-9-28-23(4)34-36(6,47-34)15-13-26(39)21(2)19-25(14-18-38-16-11-10-12-17-38)33(22(3)27(40)20-29(41)45-28)46-35-32(43)30(37(7)8)31(42)24(5)44-35/h13,15,21-25,27-28,30-35,40,42-43H,9-12,14,16-20H2,1-8H3/b15-13+/t21-,22+,23-,24-,25+,27-,28-,30+,31-,32-,33?,34+,35+,36+/m1/s1. The lowest BCUT2D eigenvalue weighted by atomic mass is 9.79. The van der Waals surface area contributed by atoms with Crippen LogP contribution in [0.1, 0.15) is 86.5 Å². The van der Waals surface area contributed by atoms with Crippen LogP contribution in [0.2, 0.25) is 0 Å². The molecule has 11 heteroatoms. The van der Waals surface area contributed by atoms with Crippen molar-refractivity contribution in [2.75, 3.05) is 33.7 Å². The summed E-state index contributed by atoms with van der Waals surface area (Å²) in [5, 5.41) is 33.9. The van der Waals surface area contributed by atoms with E-state index in [2.05, 4.69) is 4.90 Å². The van der Waals surface area contributed by atoms with E-state index in [1.165, 1.54) is 6.42 Å². The second-order valence-corrected chi connectivity index (χ2v) is 15.2. The zero-order valence-electron chi connectivity index (χ0n) is 29.9. The number of aliphatic hydroxyl groups excluding tert-OH is 3. The van der Waals surface area contributed by atoms with E-state index in [0.717, 1.165) is 32.5 Å². The van der Waals surface area contributed by atoms with Gasteiger partial charge in [-0.25, -0.2) is 0 Å². The number of hydrogen-bond acceptors (Lipinski definition) is 11. The number of nitrogens with zero attached hydrogens (tertiary/aromatic N) is 2. The molecule has 0 amide bonds. The van der Waals surface area contributed by atoms with Crippen LogP contribution in [-0.4, -0.2) is 131 Å². The lowest BCUT2D eigenvalue weighted by Crippen LogP contribution is -2.63. The minimum absolute atomic E-state index is 0.00742. The Hall–Kier alpha value is -1.44. The van der Waals surface area contributed by atoms with Crippen LogP contribution in [0.15, 0.2) is 12.2 Å². The molecule has 4 rings (SSSR count). The van der Waals surface area contributed by atoms with Gasteiger partial charge >= 0.3 is 5.97 Å². The highest BCUT2D eigenvalue weighted by molar-refractivity contribution is 5.91. The Bertz CT molecular complexity index is 1070. The van der Waals surface area contributed by atoms with Gasteiger partial charge in [0.05, 0.1) is 43.0 Å². The third-order valence-electron chi connectivity index (χ3n) is 11.3. The number of carbonyl (C=O) groups is 2. The van der Waals surface area contributed by atoms with Gasteiger partial charge < -0.3 is 44.1 Å². The molecule has 14 atom stereocenters. The van der Waals surface area contributed by atoms with Crippen molar-refractivity contribution in [3.63, 3.8) is 0 Å². The van der Waals surface area contributed by atoms with Crippen molar-refractivity contribution in [1.29, 1.82) is 0 Å². The van der Waals surface area contributed by atoms with E-state index in [-0.39, 0.29) is 36.1 Å². The molecule has 0 bridgehead atoms. The Morgan fingerprint density at radius 1 is 1.02 bits per heavy atom. The number of likely N-dealkylation sites (tertiary alicyclic amines) is 1. The summed E-state index contributed by atoms with van der Waals surface area (Å²) < 4.78 is 24.7. The number of piperidine rings is 1. The number of epoxide rings is 1. The van der Waals surface area contributed by atoms with Crippen LogP contribution in [0.5, 0.6) is 0 Å². The highest BCUT2D eigenvalue weighted by Crippen LogP contribution is 2.45. The quantitative estimate of drug-likeness (QED) is 0.273. The van der Waals surface area contributed by atoms with E-state index < -0.39 is 66.4 Å². The number of carbonyl (C=O) groups excluding carboxylic acids is 2. The predicted molar refractivity (Wildman–Crippen MR) is 177 cm³/mol. The van der Waals surface area contributed by atoms with Gasteiger partial charge in [-0.1, -0.05) is 34.1 Å². The molecule has 0 aromatic carbocycles. The van der Waals surface area contributed by atoms with E-state index in [9.17, 15) is 24.9 Å². The van der Waals surface area contributed by atoms with Gasteiger partial charge in [0, 0.05) is 17.8 Å². The molecular weight excluding hydrogens is 604 g/mol. The van der Waals surface area contributed by atoms with Crippen molar-refractivity contribution >= 4 is 11.8 Å². The fourth-order valence-corrected chi connectivity index (χ4v) is 8.04. The molecule has 47 heavy (non-hydrogen) atoms. The van der Waals surface area contributed by atoms with Crippen LogP contribution in [-0.2, 0) is 28.5 Å². The van der Waals surface area contributed by atoms with Crippen LogP contribution in [0.25, 0.3) is 0 Å². The van der Waals surface area contributed by atoms with Gasteiger partial charge in [0.15, 0.2) is 12.1 Å². The SMILES string of the molecule is CC[C@H]1OC(=O)C[C@@H](O)[C@H](C)C(O[C@@H]2O[C@H](C)[C@@H](O)[C@H](N(C)C)[C@H]2O)[C@@H](CCN2CCCCC2)C[C@@H](C)C(=O)/C=C/[C@]2(C)O[C@H]2[C@@H]1C. The largest absolute Gasteiger partial charge is 0.462 e. The van der Waals surface area contributed by atoms with Crippen LogP contribution >= 0.6 is 0 Å². The minimum atomic E-state index is -1.17. The van der Waals surface area contributed by atoms with Crippen LogP contribution in [0, 0.1) is 23.7 Å². The third kappa shape index (κ3) is 9.42. The molecule has 4 aliphatic heterocycles. The molecule has 3 N–H and O–H groups in total. The fraction of sp³-hybridized carbons (Fsp3) is 0.889. The van der Waals surface area contributed by atoms with Gasteiger partial charge in [0.2, 0.25) is 0 Å². The number of aliphatic hydroxyl groups is 3. The molecule has 0 aromatic heterocycles. The molecule has 4 heterocycles. The smallest absolute Gasteiger partial charge is 0.308 e. The van der Waals surface area contributed by atoms with Crippen molar-refractivity contribution in [3.8, 4) is 0 Å². The maximum Gasteiger partial charge on any atom is 0.308 e. The Morgan fingerprint density at radius 2 is 1.70 bits per heavy atom. The second-order valence-electron chi connectivity index (χ2n) is 15.2. The van der Waals surface area contributed by atoms with Gasteiger partial charge in [0.25, 0.3) is 0 Å². The van der Waals surface area contributed by atoms with Gasteiger partial charge in [0.1, 0.15) is 17.8 Å². The number of fused-ring (bicyclic) bond motifs is 1. The summed E-state index contributed by atoms with van der Waals surface area (Å²) in [5.41, 5.74) is -0.613. The van der Waals surface area contributed by atoms with Crippen molar-refractivity contribution in [2.24, 2.45) is 23.7 Å². The van der Waals surface area contributed by atoms with E-state index in [0.29, 0.717) is 19.3 Å². The van der Waals surface area contributed by atoms with Gasteiger partial charge in [-0.3, -0.25) is 9.59 Å². The Labute approximate surface area is 281 Å². The molecule has 0 spiro atoms. The van der Waals surface area contributed by atoms with Crippen LogP contribution in [0.3, 0.4) is 0 Å². The third-order valence-corrected chi connectivity index (χ3v) is 11.3. The maximum atomic E-state index is 13.6. The van der Waals surface area contributed by atoms with E-state index >= 15 is 0 Å². The molecule has 3 saturated heterocycles. The van der Waals surface area contributed by atoms with E-state index in [1.807, 2.05) is 40.7 Å². The molecule has 0 radical (unpaired) electrons. The molecule has 0 aromatic rings. The monoisotopic (exact) mass is 666 g/mol. The predicted octanol–water partition coefficient (Wildman–Crippen LogP) is 2.93. The van der Waals surface area contributed by atoms with Crippen molar-refractivity contribution < 1.29 is 43.9 Å². The number of ketones is 1. The number of rotatable bonds is 7. The fourth-order valence-electron chi connectivity index (χ4n) is 8.04. The topological polar surface area (TPSA) is 142 Å². The summed E-state index contributed by atoms with van der Waals surface area (Å²) in [5.74, 6) is -1.72. The Kier molecular flexibility index (Phi) is 13.5. The maximum absolute atomic E-state index is 13.6. The highest BCUT2D eigenvalue weighted by Gasteiger charge is 2.55. The number of allylic oxidation sites excluding steroid dienone is 1. The molecule has 1 unspecified atom stereocenters. The first-order chi connectivity index (χ1) is 22.2. The summed E-state index contributed by atoms with van der Waals surface area (Å²) in [7, 11) is 3.58. The molecule has 0 saturated carbocycles. The number of hydrogen-bond donors (Lipinski definition) is 3. The average molecular weight is 667 g/mol. The summed E-state index contributed by atoms with van der Waals surface area (Å²) in [4.78, 5) is 31.1. The first-order valence-corrected chi connectivity index (χ1v) is 18.0. The lowest BCUT2D eigenvalue weighted by molar-refractivity contribution is -0.304. The normalized spacial score (nSPS) is 45.3. The molecule has 270 valence electrons. The van der Waals surface area contributed by atoms with E-state index in [4.69, 9.17) is 18.9 Å². The first kappa shape index (κ1) is 38.4. The highest BCUT2D eigenvalue weighted by atomic mass is 16.7. The lowest BCUT2D eigenvalue weighted by Gasteiger charge is -2.47. The van der Waals surface area contributed by atoms with Gasteiger partial charge in [-0.2, -0.15) is 0 Å². The van der Waals surface area contributed by atoms with Gasteiger partial charge in [-0.05, 0) is 97.8 Å². The van der Waals surface area contributed by atoms with Crippen molar-refractivity contribution in [2.45, 2.75) is 147 Å². The summed E-state index contributed by atoms with van der Waals surface area (Å²) in [6, 6.07) is -0.634. The molecule has 11 nitrogen and oxygen atoms in total. The average Bonchev–Trinajstić information content (AvgIpc) is 3.72. The Morgan fingerprint density at radius 3 is 2.34 bits per heavy atom. The minimum Gasteiger partial charge on any atom is -0.462 e. The molecule has 0 aliphatic carbocycles. The zero-order chi connectivity index (χ0) is 34.6. The van der Waals surface area contributed by atoms with Crippen LogP contribution < -0.4 is 0 Å². The van der Waals surface area contributed by atoms with E-state index in [1.54, 1.807) is 32.0 Å². The number of cyclic esters (lactones) is 1. The molecule has 3 fully saturated rings. The van der Waals surface area contributed by atoms with Crippen molar-refractivity contribution in [3.05, 3.63) is 12.2 Å². The van der Waals surface area contributed by atoms with Crippen LogP contribution in [0.4, 0.5) is 0 Å². The number of likely N-dealkylation sites (N-methyl/N-ethyl adjacent to an activating group) is 1. The molecule has 4 aliphatic rings. The zero-order valence-corrected chi connectivity index (χ0v) is 29.9. The Balaban J connectivity index is 1.68. The van der Waals surface area contributed by atoms with Gasteiger partial charge in [-0.15, -0.1) is 0 Å². The first-order valence-electron chi connectivity index (χ1n) is 18.0. The second kappa shape index (κ2) is 16.5. The summed E-state index contributed by atoms with van der Waals surface area (Å²) in [6.07, 6.45) is 2.38. The molecular formula is C36H62N2O9. The number of esters is 1.